The summed E-state index contributed by atoms with van der Waals surface area (Å²) >= 11 is 13.8. The second kappa shape index (κ2) is 9.30. The lowest BCUT2D eigenvalue weighted by Gasteiger charge is -2.22. The van der Waals surface area contributed by atoms with Crippen LogP contribution in [0, 0.1) is 0 Å². The van der Waals surface area contributed by atoms with Crippen LogP contribution >= 0.6 is 49.7 Å². The van der Waals surface area contributed by atoms with Crippen LogP contribution in [0.1, 0.15) is 10.8 Å². The van der Waals surface area contributed by atoms with Crippen LogP contribution in [0.2, 0.25) is 0 Å². The number of nitrogens with one attached hydrogen (secondary N) is 2. The topological polar surface area (TPSA) is 90.4 Å². The van der Waals surface area contributed by atoms with E-state index in [1.807, 2.05) is 0 Å². The Hall–Kier alpha value is 0.120. The molecule has 0 amide bonds. The van der Waals surface area contributed by atoms with Crippen molar-refractivity contribution in [2.24, 2.45) is 0 Å². The minimum atomic E-state index is -1.71. The van der Waals surface area contributed by atoms with Gasteiger partial charge in [0.2, 0.25) is 5.25 Å². The molecule has 11 heteroatoms. The van der Waals surface area contributed by atoms with Gasteiger partial charge in [-0.2, -0.15) is 9.44 Å². The lowest BCUT2D eigenvalue weighted by molar-refractivity contribution is 0.466. The van der Waals surface area contributed by atoms with Crippen LogP contribution in [0.25, 0.3) is 0 Å². The largest absolute Gasteiger partial charge is 0.593 e. The summed E-state index contributed by atoms with van der Waals surface area (Å²) in [6, 6.07) is 6.36. The highest BCUT2D eigenvalue weighted by molar-refractivity contribution is 8.13. The van der Waals surface area contributed by atoms with E-state index in [4.69, 9.17) is 12.2 Å². The number of aromatic hydroxyl groups is 1. The molecule has 0 aromatic heterocycles. The van der Waals surface area contributed by atoms with Gasteiger partial charge in [-0.3, -0.25) is 0 Å². The van der Waals surface area contributed by atoms with E-state index in [-0.39, 0.29) is 20.1 Å². The smallest absolute Gasteiger partial charge is 0.216 e. The Kier molecular flexibility index (Phi) is 8.49. The minimum Gasteiger partial charge on any atom is -0.593 e. The van der Waals surface area contributed by atoms with Gasteiger partial charge in [0.15, 0.2) is 14.4 Å². The molecule has 0 aliphatic rings. The van der Waals surface area contributed by atoms with Gasteiger partial charge in [-0.25, -0.2) is 0 Å². The van der Waals surface area contributed by atoms with E-state index in [0.717, 1.165) is 0 Å². The number of hydrogen-bond donors (Lipinski definition) is 5. The molecule has 0 fully saturated rings. The molecule has 0 saturated heterocycles. The Labute approximate surface area is 150 Å². The maximum atomic E-state index is 12.3. The molecule has 0 radical (unpaired) electrons. The molecule has 1 aromatic rings. The SMILES string of the molecule is [O-][S+](CC(c1ccccc1O)[S+]([O-])NC(=S)S)NC(=S)S. The fraction of sp³-hybridized carbons (Fsp3) is 0.200. The Balaban J connectivity index is 2.97. The fourth-order valence-electron chi connectivity index (χ4n) is 1.46. The Morgan fingerprint density at radius 3 is 2.29 bits per heavy atom. The van der Waals surface area contributed by atoms with Crippen molar-refractivity contribution in [2.45, 2.75) is 5.25 Å². The monoisotopic (exact) mass is 400 g/mol. The van der Waals surface area contributed by atoms with Crippen molar-refractivity contribution in [2.75, 3.05) is 5.75 Å². The Bertz CT molecular complexity index is 517. The van der Waals surface area contributed by atoms with Crippen molar-refractivity contribution in [3.8, 4) is 5.75 Å². The fourth-order valence-corrected chi connectivity index (χ4v) is 4.90. The van der Waals surface area contributed by atoms with Gasteiger partial charge in [0.05, 0.1) is 28.3 Å². The van der Waals surface area contributed by atoms with Crippen molar-refractivity contribution in [3.05, 3.63) is 29.8 Å². The summed E-state index contributed by atoms with van der Waals surface area (Å²) in [5.41, 5.74) is 0.383. The predicted octanol–water partition coefficient (Wildman–Crippen LogP) is 1.37. The van der Waals surface area contributed by atoms with Gasteiger partial charge in [-0.15, -0.1) is 25.3 Å². The highest BCUT2D eigenvalue weighted by Gasteiger charge is 2.34. The average Bonchev–Trinajstić information content (AvgIpc) is 2.35. The van der Waals surface area contributed by atoms with Gasteiger partial charge in [0.25, 0.3) is 0 Å². The van der Waals surface area contributed by atoms with Crippen LogP contribution in [-0.4, -0.2) is 28.6 Å². The zero-order chi connectivity index (χ0) is 16.0. The van der Waals surface area contributed by atoms with Crippen molar-refractivity contribution < 1.29 is 14.2 Å². The molecule has 3 N–H and O–H groups in total. The van der Waals surface area contributed by atoms with Crippen LogP contribution in [0.4, 0.5) is 0 Å². The molecule has 0 saturated carbocycles. The van der Waals surface area contributed by atoms with E-state index < -0.39 is 28.0 Å². The molecule has 21 heavy (non-hydrogen) atoms. The summed E-state index contributed by atoms with van der Waals surface area (Å²) < 4.78 is 29.2. The highest BCUT2D eigenvalue weighted by atomic mass is 32.2. The molecular weight excluding hydrogens is 389 g/mol. The number of hydrogen-bond acceptors (Lipinski definition) is 5. The van der Waals surface area contributed by atoms with Crippen LogP contribution in [0.5, 0.6) is 5.75 Å². The molecule has 0 heterocycles. The third kappa shape index (κ3) is 6.82. The first-order chi connectivity index (χ1) is 9.81. The van der Waals surface area contributed by atoms with Gasteiger partial charge in [-0.1, -0.05) is 18.2 Å². The van der Waals surface area contributed by atoms with Crippen molar-refractivity contribution >= 4 is 81.1 Å². The van der Waals surface area contributed by atoms with Gasteiger partial charge in [-0.05, 0) is 30.5 Å². The van der Waals surface area contributed by atoms with Crippen LogP contribution < -0.4 is 9.44 Å². The maximum Gasteiger partial charge on any atom is 0.216 e. The second-order valence-electron chi connectivity index (χ2n) is 3.67. The number of thiocarbonyl (C=S) groups is 2. The van der Waals surface area contributed by atoms with Crippen molar-refractivity contribution in [1.29, 1.82) is 0 Å². The molecule has 116 valence electrons. The first-order valence-corrected chi connectivity index (χ1v) is 9.61. The van der Waals surface area contributed by atoms with Crippen LogP contribution in [0.15, 0.2) is 24.3 Å². The van der Waals surface area contributed by atoms with Gasteiger partial charge in [0, 0.05) is 0 Å². The lowest BCUT2D eigenvalue weighted by Crippen LogP contribution is -2.38. The normalized spacial score (nSPS) is 14.9. The quantitative estimate of drug-likeness (QED) is 0.280. The van der Waals surface area contributed by atoms with E-state index in [9.17, 15) is 14.2 Å². The van der Waals surface area contributed by atoms with E-state index in [2.05, 4.69) is 46.9 Å². The van der Waals surface area contributed by atoms with E-state index >= 15 is 0 Å². The summed E-state index contributed by atoms with van der Waals surface area (Å²) in [4.78, 5) is 0. The van der Waals surface area contributed by atoms with Gasteiger partial charge >= 0.3 is 0 Å². The number of phenols is 1. The number of rotatable bonds is 6. The molecule has 0 spiro atoms. The average molecular weight is 401 g/mol. The molecule has 5 nitrogen and oxygen atoms in total. The third-order valence-corrected chi connectivity index (χ3v) is 5.84. The number of thiol groups is 2. The van der Waals surface area contributed by atoms with Crippen molar-refractivity contribution in [3.63, 3.8) is 0 Å². The molecule has 0 aliphatic carbocycles. The lowest BCUT2D eigenvalue weighted by atomic mass is 10.1. The maximum absolute atomic E-state index is 12.3. The first kappa shape index (κ1) is 19.2. The summed E-state index contributed by atoms with van der Waals surface area (Å²) in [6.07, 6.45) is 0. The van der Waals surface area contributed by atoms with E-state index in [1.165, 1.54) is 6.07 Å². The van der Waals surface area contributed by atoms with Crippen LogP contribution in [0.3, 0.4) is 0 Å². The molecule has 1 rings (SSSR count). The molecule has 3 unspecified atom stereocenters. The molecule has 3 atom stereocenters. The Morgan fingerprint density at radius 2 is 1.76 bits per heavy atom. The van der Waals surface area contributed by atoms with Crippen molar-refractivity contribution in [1.82, 2.24) is 9.44 Å². The first-order valence-electron chi connectivity index (χ1n) is 5.37. The summed E-state index contributed by atoms with van der Waals surface area (Å²) in [5.74, 6) is -0.109. The molecule has 0 bridgehead atoms. The zero-order valence-corrected chi connectivity index (χ0v) is 15.4. The van der Waals surface area contributed by atoms with Gasteiger partial charge in [0.1, 0.15) is 5.75 Å². The summed E-state index contributed by atoms with van der Waals surface area (Å²) in [6.45, 7) is 0. The minimum absolute atomic E-state index is 0.0391. The second-order valence-corrected chi connectivity index (χ2v) is 8.58. The van der Waals surface area contributed by atoms with E-state index in [0.29, 0.717) is 5.56 Å². The highest BCUT2D eigenvalue weighted by Crippen LogP contribution is 2.30. The van der Waals surface area contributed by atoms with E-state index in [1.54, 1.807) is 18.2 Å². The van der Waals surface area contributed by atoms with Crippen LogP contribution in [-0.2, 0) is 22.7 Å². The molecule has 1 aromatic carbocycles. The summed E-state index contributed by atoms with van der Waals surface area (Å²) in [7, 11) is 0. The number of benzene rings is 1. The molecule has 0 aliphatic heterocycles. The summed E-state index contributed by atoms with van der Waals surface area (Å²) in [5, 5.41) is 9.11. The number of phenolic OH excluding ortho intramolecular Hbond substituents is 1. The third-order valence-electron chi connectivity index (χ3n) is 2.23. The Morgan fingerprint density at radius 1 is 1.19 bits per heavy atom. The molecular formula is C10H12N2O3S6. The predicted molar refractivity (Wildman–Crippen MR) is 101 cm³/mol. The zero-order valence-electron chi connectivity index (χ0n) is 10.4. The standard InChI is InChI=1S/C10H12N2O3S6/c13-7-4-2-1-3-6(7)8(21(15)12-10(18)19)5-20(14)11-9(16)17/h1-4,8,13H,5H2,(H2,11,16,17)(H2,12,18,19). The van der Waals surface area contributed by atoms with Gasteiger partial charge < -0.3 is 14.2 Å². The number of para-hydroxylation sites is 1.